The third kappa shape index (κ3) is 26.8. The van der Waals surface area contributed by atoms with Crippen molar-refractivity contribution in [3.8, 4) is 0 Å². The van der Waals surface area contributed by atoms with Gasteiger partial charge in [0.05, 0.1) is 6.61 Å². The van der Waals surface area contributed by atoms with E-state index in [4.69, 9.17) is 18.9 Å². The van der Waals surface area contributed by atoms with Crippen LogP contribution in [0, 0.1) is 0 Å². The molecule has 0 aromatic carbocycles. The molecule has 12 nitrogen and oxygen atoms in total. The Hall–Kier alpha value is -1.61. The Bertz CT molecular complexity index is 1050. The Labute approximate surface area is 320 Å². The maximum atomic E-state index is 12.7. The Morgan fingerprint density at radius 2 is 1.08 bits per heavy atom. The molecule has 0 aromatic heterocycles. The molecule has 312 valence electrons. The molecule has 0 saturated carbocycles. The van der Waals surface area contributed by atoms with Crippen LogP contribution in [0.25, 0.3) is 0 Å². The largest absolute Gasteiger partial charge is 0.462 e. The van der Waals surface area contributed by atoms with Crippen molar-refractivity contribution in [2.75, 3.05) is 19.0 Å². The van der Waals surface area contributed by atoms with E-state index in [2.05, 4.69) is 26.0 Å². The van der Waals surface area contributed by atoms with Gasteiger partial charge >= 0.3 is 11.9 Å². The highest BCUT2D eigenvalue weighted by molar-refractivity contribution is 7.85. The minimum Gasteiger partial charge on any atom is -0.462 e. The minimum atomic E-state index is -4.60. The van der Waals surface area contributed by atoms with Gasteiger partial charge in [0.15, 0.2) is 12.4 Å². The molecule has 13 heteroatoms. The lowest BCUT2D eigenvalue weighted by Gasteiger charge is -2.40. The average molecular weight is 779 g/mol. The summed E-state index contributed by atoms with van der Waals surface area (Å²) in [4.78, 5) is 25.2. The number of carbonyl (C=O) groups excluding carboxylic acids is 2. The fourth-order valence-electron chi connectivity index (χ4n) is 6.32. The first kappa shape index (κ1) is 49.4. The fourth-order valence-corrected chi connectivity index (χ4v) is 7.01. The van der Waals surface area contributed by atoms with Crippen LogP contribution in [0.1, 0.15) is 174 Å². The van der Waals surface area contributed by atoms with Gasteiger partial charge in [-0.05, 0) is 38.5 Å². The standard InChI is InChI=1S/C40H74O12S/c1-3-5-7-9-11-13-15-16-17-18-19-21-22-24-26-28-35(41)49-30-33(51-36(42)29-27-25-23-20-14-12-10-8-6-4-2)31-50-40-39(45)38(44)37(43)34(52-40)32-53(46,47)48/h19,21,33-34,37-40,43-45H,3-18,20,22-32H2,1-2H3,(H,46,47,48)/b21-19+/t33-,34-,37-,38?,39?,40+/m1/s1. The zero-order chi connectivity index (χ0) is 39.2. The molecule has 1 rings (SSSR count). The van der Waals surface area contributed by atoms with Gasteiger partial charge in [0.1, 0.15) is 36.8 Å². The molecule has 6 atom stereocenters. The molecule has 0 spiro atoms. The predicted octanol–water partition coefficient (Wildman–Crippen LogP) is 7.50. The molecule has 1 fully saturated rings. The van der Waals surface area contributed by atoms with Crippen LogP contribution in [0.2, 0.25) is 0 Å². The molecule has 0 radical (unpaired) electrons. The molecule has 0 aromatic rings. The van der Waals surface area contributed by atoms with Gasteiger partial charge in [-0.3, -0.25) is 14.1 Å². The molecule has 0 aliphatic carbocycles. The fraction of sp³-hybridized carbons (Fsp3) is 0.900. The van der Waals surface area contributed by atoms with Crippen molar-refractivity contribution >= 4 is 22.1 Å². The highest BCUT2D eigenvalue weighted by Crippen LogP contribution is 2.24. The summed E-state index contributed by atoms with van der Waals surface area (Å²) in [6.07, 6.45) is 21.3. The van der Waals surface area contributed by atoms with Crippen LogP contribution >= 0.6 is 0 Å². The van der Waals surface area contributed by atoms with E-state index in [1.165, 1.54) is 96.3 Å². The molecule has 1 saturated heterocycles. The van der Waals surface area contributed by atoms with Crippen LogP contribution in [0.4, 0.5) is 0 Å². The van der Waals surface area contributed by atoms with Crippen LogP contribution in [-0.2, 0) is 38.7 Å². The maximum Gasteiger partial charge on any atom is 0.306 e. The Kier molecular flexibility index (Phi) is 29.4. The lowest BCUT2D eigenvalue weighted by molar-refractivity contribution is -0.297. The zero-order valence-electron chi connectivity index (χ0n) is 32.9. The molecule has 0 bridgehead atoms. The van der Waals surface area contributed by atoms with Crippen LogP contribution in [0.5, 0.6) is 0 Å². The Morgan fingerprint density at radius 1 is 0.623 bits per heavy atom. The summed E-state index contributed by atoms with van der Waals surface area (Å²) < 4.78 is 53.8. The van der Waals surface area contributed by atoms with Crippen molar-refractivity contribution in [2.45, 2.75) is 211 Å². The van der Waals surface area contributed by atoms with Crippen molar-refractivity contribution in [3.63, 3.8) is 0 Å². The summed E-state index contributed by atoms with van der Waals surface area (Å²) in [6.45, 7) is 3.71. The number of hydrogen-bond donors (Lipinski definition) is 4. The van der Waals surface area contributed by atoms with Gasteiger partial charge in [0, 0.05) is 12.8 Å². The highest BCUT2D eigenvalue weighted by atomic mass is 32.2. The minimum absolute atomic E-state index is 0.164. The van der Waals surface area contributed by atoms with E-state index >= 15 is 0 Å². The number of ether oxygens (including phenoxy) is 4. The number of allylic oxidation sites excluding steroid dienone is 2. The SMILES string of the molecule is CCCCCCCCCCC/C=C/CCCCC(=O)OC[C@H](CO[C@H]1O[C@H](CS(=O)(=O)O)[C@@H](O)C(O)C1O)OC(=O)CCCCCCCCCCCC. The summed E-state index contributed by atoms with van der Waals surface area (Å²) in [5, 5.41) is 30.8. The quantitative estimate of drug-likeness (QED) is 0.0219. The van der Waals surface area contributed by atoms with Crippen molar-refractivity contribution in [2.24, 2.45) is 0 Å². The molecular weight excluding hydrogens is 704 g/mol. The van der Waals surface area contributed by atoms with E-state index in [9.17, 15) is 37.9 Å². The third-order valence-corrected chi connectivity index (χ3v) is 10.3. The van der Waals surface area contributed by atoms with Gasteiger partial charge in [-0.15, -0.1) is 0 Å². The molecule has 0 amide bonds. The summed E-state index contributed by atoms with van der Waals surface area (Å²) >= 11 is 0. The molecule has 2 unspecified atom stereocenters. The van der Waals surface area contributed by atoms with Gasteiger partial charge in [-0.2, -0.15) is 8.42 Å². The van der Waals surface area contributed by atoms with E-state index in [1.54, 1.807) is 0 Å². The van der Waals surface area contributed by atoms with Gasteiger partial charge in [0.25, 0.3) is 10.1 Å². The van der Waals surface area contributed by atoms with E-state index in [1.807, 2.05) is 0 Å². The van der Waals surface area contributed by atoms with E-state index in [-0.39, 0.29) is 19.4 Å². The number of aliphatic hydroxyl groups is 3. The highest BCUT2D eigenvalue weighted by Gasteiger charge is 2.46. The van der Waals surface area contributed by atoms with Crippen LogP contribution in [-0.4, -0.2) is 96.0 Å². The second-order valence-corrected chi connectivity index (χ2v) is 16.2. The smallest absolute Gasteiger partial charge is 0.306 e. The van der Waals surface area contributed by atoms with Gasteiger partial charge in [0.2, 0.25) is 0 Å². The second kappa shape index (κ2) is 31.6. The van der Waals surface area contributed by atoms with E-state index in [0.717, 1.165) is 38.5 Å². The number of aliphatic hydroxyl groups excluding tert-OH is 3. The number of rotatable bonds is 34. The molecule has 53 heavy (non-hydrogen) atoms. The molecule has 1 aliphatic rings. The van der Waals surface area contributed by atoms with Crippen molar-refractivity contribution in [3.05, 3.63) is 12.2 Å². The van der Waals surface area contributed by atoms with Crippen molar-refractivity contribution in [1.29, 1.82) is 0 Å². The Morgan fingerprint density at radius 3 is 1.60 bits per heavy atom. The number of carbonyl (C=O) groups is 2. The summed E-state index contributed by atoms with van der Waals surface area (Å²) in [5.74, 6) is -2.00. The van der Waals surface area contributed by atoms with Crippen LogP contribution < -0.4 is 0 Å². The summed E-state index contributed by atoms with van der Waals surface area (Å²) in [5.41, 5.74) is 0. The zero-order valence-corrected chi connectivity index (χ0v) is 33.7. The van der Waals surface area contributed by atoms with Crippen molar-refractivity contribution in [1.82, 2.24) is 0 Å². The van der Waals surface area contributed by atoms with Crippen LogP contribution in [0.3, 0.4) is 0 Å². The number of unbranched alkanes of at least 4 members (excludes halogenated alkanes) is 20. The third-order valence-electron chi connectivity index (χ3n) is 9.60. The number of hydrogen-bond acceptors (Lipinski definition) is 11. The summed E-state index contributed by atoms with van der Waals surface area (Å²) in [7, 11) is -4.60. The second-order valence-electron chi connectivity index (χ2n) is 14.7. The van der Waals surface area contributed by atoms with Gasteiger partial charge < -0.3 is 34.3 Å². The molecule has 1 aliphatic heterocycles. The first-order valence-corrected chi connectivity index (χ1v) is 22.4. The molecule has 1 heterocycles. The first-order valence-electron chi connectivity index (χ1n) is 20.7. The first-order chi connectivity index (χ1) is 25.5. The number of esters is 2. The topological polar surface area (TPSA) is 186 Å². The monoisotopic (exact) mass is 778 g/mol. The molecule has 4 N–H and O–H groups in total. The predicted molar refractivity (Wildman–Crippen MR) is 206 cm³/mol. The van der Waals surface area contributed by atoms with Crippen LogP contribution in [0.15, 0.2) is 12.2 Å². The lowest BCUT2D eigenvalue weighted by atomic mass is 10.00. The maximum absolute atomic E-state index is 12.7. The van der Waals surface area contributed by atoms with Gasteiger partial charge in [-0.1, -0.05) is 135 Å². The van der Waals surface area contributed by atoms with Crippen molar-refractivity contribution < 1.29 is 56.8 Å². The van der Waals surface area contributed by atoms with E-state index < -0.39 is 71.2 Å². The summed E-state index contributed by atoms with van der Waals surface area (Å²) in [6, 6.07) is 0. The Balaban J connectivity index is 2.49. The van der Waals surface area contributed by atoms with Gasteiger partial charge in [-0.25, -0.2) is 0 Å². The van der Waals surface area contributed by atoms with E-state index in [0.29, 0.717) is 12.8 Å². The molecular formula is C40H74O12S. The normalized spacial score (nSPS) is 21.2. The average Bonchev–Trinajstić information content (AvgIpc) is 3.12. The lowest BCUT2D eigenvalue weighted by Crippen LogP contribution is -2.60.